The summed E-state index contributed by atoms with van der Waals surface area (Å²) in [6.45, 7) is 0. The topological polar surface area (TPSA) is 86.2 Å². The van der Waals surface area contributed by atoms with Crippen LogP contribution in [0.15, 0.2) is 0 Å². The van der Waals surface area contributed by atoms with Gasteiger partial charge in [-0.2, -0.15) is 7.82 Å². The third kappa shape index (κ3) is 127. The first-order valence-corrected chi connectivity index (χ1v) is 2.19. The van der Waals surface area contributed by atoms with Crippen LogP contribution in [0.1, 0.15) is 0 Å². The number of hydrogen-bond donors (Lipinski definition) is 0. The van der Waals surface area contributed by atoms with Crippen LogP contribution in [0.4, 0.5) is 0 Å². The van der Waals surface area contributed by atoms with Crippen molar-refractivity contribution in [2.24, 2.45) is 0 Å². The van der Waals surface area contributed by atoms with Gasteiger partial charge in [-0.25, -0.2) is 0 Å². The molecule has 0 aliphatic heterocycles. The molecule has 0 saturated heterocycles. The molecule has 0 aliphatic rings. The maximum absolute atomic E-state index is 8.55. The van der Waals surface area contributed by atoms with Crippen molar-refractivity contribution in [2.75, 3.05) is 0 Å². The van der Waals surface area contributed by atoms with Crippen LogP contribution in [0.5, 0.6) is 0 Å². The van der Waals surface area contributed by atoms with Gasteiger partial charge in [0.25, 0.3) is 0 Å². The van der Waals surface area contributed by atoms with Gasteiger partial charge in [0.15, 0.2) is 0 Å². The fourth-order valence-electron chi connectivity index (χ4n) is 0. The molecule has 7 heavy (non-hydrogen) atoms. The van der Waals surface area contributed by atoms with Gasteiger partial charge >= 0.3 is 36.5 Å². The molecule has 0 spiro atoms. The summed E-state index contributed by atoms with van der Waals surface area (Å²) >= 11 is 0. The Balaban J connectivity index is -0.0000000800. The van der Waals surface area contributed by atoms with Gasteiger partial charge in [-0.15, -0.1) is 0 Å². The molecule has 0 aliphatic carbocycles. The minimum Gasteiger partial charge on any atom is -0.822 e. The molecule has 0 amide bonds. The number of rotatable bonds is 0. The molecule has 0 atom stereocenters. The van der Waals surface area contributed by atoms with Gasteiger partial charge in [0.05, 0.1) is 0 Å². The van der Waals surface area contributed by atoms with Gasteiger partial charge in [-0.1, -0.05) is 0 Å². The van der Waals surface area contributed by atoms with E-state index in [-0.39, 0.29) is 36.5 Å². The summed E-state index contributed by atoms with van der Waals surface area (Å²) in [6.07, 6.45) is 0. The quantitative estimate of drug-likeness (QED) is 0.327. The molecule has 0 saturated carbocycles. The smallest absolute Gasteiger partial charge is 0.822 e. The van der Waals surface area contributed by atoms with Crippen LogP contribution >= 0.6 is 7.82 Å². The van der Waals surface area contributed by atoms with Crippen LogP contribution in [0.3, 0.4) is 0 Å². The Morgan fingerprint density at radius 3 is 1.14 bits per heavy atom. The molecule has 0 unspecified atom stereocenters. The molecule has 0 aromatic carbocycles. The fourth-order valence-corrected chi connectivity index (χ4v) is 0. The Bertz CT molecular complexity index is 57.8. The SMILES string of the molecule is O=P([O-])([O-])[O-].[Cu+].[Zn+2]. The van der Waals surface area contributed by atoms with Gasteiger partial charge in [0.1, 0.15) is 0 Å². The van der Waals surface area contributed by atoms with Crippen molar-refractivity contribution in [3.63, 3.8) is 0 Å². The van der Waals surface area contributed by atoms with Crippen LogP contribution < -0.4 is 14.7 Å². The molecule has 0 N–H and O–H groups in total. The van der Waals surface area contributed by atoms with Gasteiger partial charge in [-0.3, -0.25) is 0 Å². The van der Waals surface area contributed by atoms with Crippen molar-refractivity contribution in [1.29, 1.82) is 0 Å². The minimum absolute atomic E-state index is 0. The Morgan fingerprint density at radius 1 is 1.14 bits per heavy atom. The standard InChI is InChI=1S/Cu.H3O4P.Zn/c;1-5(2,3)4;/h;(H3,1,2,3,4);/q+1;;+2/p-3. The molecule has 0 heterocycles. The molecule has 4 nitrogen and oxygen atoms in total. The number of phosphoric acid groups is 1. The van der Waals surface area contributed by atoms with E-state index >= 15 is 0 Å². The van der Waals surface area contributed by atoms with Crippen LogP contribution in [-0.2, 0) is 41.1 Å². The summed E-state index contributed by atoms with van der Waals surface area (Å²) in [5, 5.41) is 0. The monoisotopic (exact) mass is 222 g/mol. The minimum atomic E-state index is -5.39. The van der Waals surface area contributed by atoms with Crippen molar-refractivity contribution < 1.29 is 55.8 Å². The van der Waals surface area contributed by atoms with E-state index in [9.17, 15) is 0 Å². The van der Waals surface area contributed by atoms with E-state index < -0.39 is 7.82 Å². The fraction of sp³-hybridized carbons (Fsp3) is 0. The zero-order valence-corrected chi connectivity index (χ0v) is 7.89. The van der Waals surface area contributed by atoms with E-state index in [2.05, 4.69) is 0 Å². The van der Waals surface area contributed by atoms with E-state index in [0.29, 0.717) is 0 Å². The first-order chi connectivity index (χ1) is 2.00. The molecule has 7 heteroatoms. The van der Waals surface area contributed by atoms with Crippen molar-refractivity contribution in [3.8, 4) is 0 Å². The Labute approximate surface area is 63.8 Å². The van der Waals surface area contributed by atoms with Crippen molar-refractivity contribution in [3.05, 3.63) is 0 Å². The number of hydrogen-bond acceptors (Lipinski definition) is 4. The summed E-state index contributed by atoms with van der Waals surface area (Å²) in [5.41, 5.74) is 0. The van der Waals surface area contributed by atoms with E-state index in [1.807, 2.05) is 0 Å². The van der Waals surface area contributed by atoms with E-state index in [0.717, 1.165) is 0 Å². The van der Waals surface area contributed by atoms with Gasteiger partial charge in [-0.05, 0) is 0 Å². The summed E-state index contributed by atoms with van der Waals surface area (Å²) in [5.74, 6) is 0. The normalized spacial score (nSPS) is 8.43. The second kappa shape index (κ2) is 5.39. The predicted molar refractivity (Wildman–Crippen MR) is 7.61 cm³/mol. The first-order valence-electron chi connectivity index (χ1n) is 0.730. The summed E-state index contributed by atoms with van der Waals surface area (Å²) in [6, 6.07) is 0. The van der Waals surface area contributed by atoms with Crippen molar-refractivity contribution in [2.45, 2.75) is 0 Å². The zero-order chi connectivity index (χ0) is 4.50. The molecule has 0 aromatic rings. The van der Waals surface area contributed by atoms with E-state index in [1.165, 1.54) is 0 Å². The third-order valence-electron chi connectivity index (χ3n) is 0. The van der Waals surface area contributed by atoms with Crippen molar-refractivity contribution in [1.82, 2.24) is 0 Å². The van der Waals surface area contributed by atoms with Crippen LogP contribution in [0.2, 0.25) is 0 Å². The van der Waals surface area contributed by atoms with Crippen LogP contribution in [0.25, 0.3) is 0 Å². The van der Waals surface area contributed by atoms with E-state index in [1.54, 1.807) is 0 Å². The molecule has 0 aromatic heterocycles. The zero-order valence-electron chi connectivity index (χ0n) is 3.09. The van der Waals surface area contributed by atoms with Gasteiger partial charge in [0, 0.05) is 0 Å². The largest absolute Gasteiger partial charge is 2.00 e. The van der Waals surface area contributed by atoms with Crippen LogP contribution in [-0.4, -0.2) is 0 Å². The molecule has 42 valence electrons. The second-order valence-corrected chi connectivity index (χ2v) is 1.34. The third-order valence-corrected chi connectivity index (χ3v) is 0. The average Bonchev–Trinajstić information content (AvgIpc) is 0.722. The van der Waals surface area contributed by atoms with E-state index in [4.69, 9.17) is 19.2 Å². The van der Waals surface area contributed by atoms with Gasteiger partial charge in [0.2, 0.25) is 0 Å². The summed E-state index contributed by atoms with van der Waals surface area (Å²) < 4.78 is 8.55. The maximum atomic E-state index is 8.55. The van der Waals surface area contributed by atoms with Crippen LogP contribution in [0, 0.1) is 0 Å². The van der Waals surface area contributed by atoms with Gasteiger partial charge < -0.3 is 19.2 Å². The Morgan fingerprint density at radius 2 is 1.14 bits per heavy atom. The molecule has 0 bridgehead atoms. The average molecular weight is 224 g/mol. The Hall–Kier alpha value is 1.25. The first kappa shape index (κ1) is 15.7. The Kier molecular flexibility index (Phi) is 12.1. The predicted octanol–water partition coefficient (Wildman–Crippen LogP) is -2.83. The molecule has 0 rings (SSSR count). The summed E-state index contributed by atoms with van der Waals surface area (Å²) in [4.78, 5) is 25.6. The maximum Gasteiger partial charge on any atom is 2.00 e. The molecule has 0 radical (unpaired) electrons. The second-order valence-electron chi connectivity index (χ2n) is 0.447. The molecular weight excluding hydrogens is 224 g/mol. The van der Waals surface area contributed by atoms with Crippen molar-refractivity contribution >= 4 is 7.82 Å². The molecular formula is CuO4PZn. The molecule has 0 fully saturated rings. The summed E-state index contributed by atoms with van der Waals surface area (Å²) in [7, 11) is -5.39.